The Bertz CT molecular complexity index is 606. The number of benzene rings is 1. The molecule has 1 amide bonds. The summed E-state index contributed by atoms with van der Waals surface area (Å²) >= 11 is 3.26. The highest BCUT2D eigenvalue weighted by molar-refractivity contribution is 9.10. The van der Waals surface area contributed by atoms with Crippen molar-refractivity contribution in [1.29, 1.82) is 5.26 Å². The number of nitro benzene ring substituents is 1. The summed E-state index contributed by atoms with van der Waals surface area (Å²) in [5, 5.41) is 19.5. The van der Waals surface area contributed by atoms with Crippen LogP contribution in [0.3, 0.4) is 0 Å². The largest absolute Gasteiger partial charge is 0.336 e. The Morgan fingerprint density at radius 2 is 2.05 bits per heavy atom. The lowest BCUT2D eigenvalue weighted by Gasteiger charge is -2.33. The molecule has 0 bridgehead atoms. The minimum absolute atomic E-state index is 0.107. The molecule has 0 radical (unpaired) electrons. The summed E-state index contributed by atoms with van der Waals surface area (Å²) in [7, 11) is 0. The van der Waals surface area contributed by atoms with Gasteiger partial charge in [0.15, 0.2) is 0 Å². The lowest BCUT2D eigenvalue weighted by molar-refractivity contribution is -0.384. The molecule has 7 nitrogen and oxygen atoms in total. The smallest absolute Gasteiger partial charge is 0.270 e. The molecule has 1 fully saturated rings. The summed E-state index contributed by atoms with van der Waals surface area (Å²) in [4.78, 5) is 26.4. The van der Waals surface area contributed by atoms with Crippen molar-refractivity contribution in [2.24, 2.45) is 0 Å². The van der Waals surface area contributed by atoms with E-state index in [4.69, 9.17) is 5.26 Å². The normalized spacial score (nSPS) is 15.5. The Morgan fingerprint density at radius 3 is 2.62 bits per heavy atom. The Kier molecular flexibility index (Phi) is 4.88. The van der Waals surface area contributed by atoms with Crippen molar-refractivity contribution in [3.8, 4) is 6.07 Å². The van der Waals surface area contributed by atoms with Gasteiger partial charge in [-0.05, 0) is 22.0 Å². The van der Waals surface area contributed by atoms with Gasteiger partial charge in [0.2, 0.25) is 0 Å². The van der Waals surface area contributed by atoms with E-state index in [2.05, 4.69) is 22.0 Å². The second-order valence-electron chi connectivity index (χ2n) is 4.65. The van der Waals surface area contributed by atoms with Crippen LogP contribution in [0.15, 0.2) is 22.7 Å². The second kappa shape index (κ2) is 6.65. The molecule has 21 heavy (non-hydrogen) atoms. The van der Waals surface area contributed by atoms with Crippen molar-refractivity contribution >= 4 is 27.5 Å². The number of rotatable bonds is 3. The highest BCUT2D eigenvalue weighted by Gasteiger charge is 2.24. The Labute approximate surface area is 130 Å². The second-order valence-corrected chi connectivity index (χ2v) is 5.50. The number of non-ortho nitro benzene ring substituents is 1. The van der Waals surface area contributed by atoms with Gasteiger partial charge in [0.1, 0.15) is 0 Å². The maximum Gasteiger partial charge on any atom is 0.270 e. The molecule has 1 aliphatic rings. The van der Waals surface area contributed by atoms with E-state index in [1.165, 1.54) is 18.2 Å². The molecule has 2 rings (SSSR count). The van der Waals surface area contributed by atoms with Crippen molar-refractivity contribution in [3.63, 3.8) is 0 Å². The van der Waals surface area contributed by atoms with Crippen molar-refractivity contribution < 1.29 is 9.72 Å². The van der Waals surface area contributed by atoms with Crippen LogP contribution in [-0.4, -0.2) is 53.4 Å². The van der Waals surface area contributed by atoms with Crippen molar-refractivity contribution in [1.82, 2.24) is 9.80 Å². The van der Waals surface area contributed by atoms with Crippen molar-refractivity contribution in [3.05, 3.63) is 38.3 Å². The first-order valence-electron chi connectivity index (χ1n) is 6.35. The number of nitrogens with zero attached hydrogens (tertiary/aromatic N) is 4. The number of piperazine rings is 1. The van der Waals surface area contributed by atoms with Crippen LogP contribution >= 0.6 is 15.9 Å². The van der Waals surface area contributed by atoms with E-state index in [1.54, 1.807) is 4.90 Å². The SMILES string of the molecule is N#CCN1CCN(C(=O)c2cc([N+](=O)[O-])ccc2Br)CC1. The Morgan fingerprint density at radius 1 is 1.38 bits per heavy atom. The van der Waals surface area contributed by atoms with E-state index in [0.717, 1.165) is 0 Å². The van der Waals surface area contributed by atoms with Gasteiger partial charge in [-0.1, -0.05) is 0 Å². The van der Waals surface area contributed by atoms with Crippen LogP contribution in [0.25, 0.3) is 0 Å². The number of halogens is 1. The number of carbonyl (C=O) groups excluding carboxylic acids is 1. The summed E-state index contributed by atoms with van der Waals surface area (Å²) in [6, 6.07) is 6.23. The third-order valence-electron chi connectivity index (χ3n) is 3.34. The quantitative estimate of drug-likeness (QED) is 0.468. The monoisotopic (exact) mass is 352 g/mol. The van der Waals surface area contributed by atoms with Crippen LogP contribution in [0.5, 0.6) is 0 Å². The number of nitro groups is 1. The van der Waals surface area contributed by atoms with Gasteiger partial charge in [0.25, 0.3) is 11.6 Å². The highest BCUT2D eigenvalue weighted by atomic mass is 79.9. The molecule has 0 aromatic heterocycles. The molecule has 0 unspecified atom stereocenters. The van der Waals surface area contributed by atoms with E-state index in [-0.39, 0.29) is 17.2 Å². The van der Waals surface area contributed by atoms with Crippen LogP contribution in [0.4, 0.5) is 5.69 Å². The molecule has 1 aromatic carbocycles. The average Bonchev–Trinajstić information content (AvgIpc) is 2.48. The lowest BCUT2D eigenvalue weighted by Crippen LogP contribution is -2.48. The first-order valence-corrected chi connectivity index (χ1v) is 7.14. The molecule has 0 saturated carbocycles. The summed E-state index contributed by atoms with van der Waals surface area (Å²) in [5.74, 6) is -0.234. The van der Waals surface area contributed by atoms with Crippen LogP contribution in [0, 0.1) is 21.4 Å². The topological polar surface area (TPSA) is 90.5 Å². The molecule has 1 saturated heterocycles. The van der Waals surface area contributed by atoms with Gasteiger partial charge in [-0.15, -0.1) is 0 Å². The van der Waals surface area contributed by atoms with E-state index in [0.29, 0.717) is 37.2 Å². The fourth-order valence-electron chi connectivity index (χ4n) is 2.17. The predicted molar refractivity (Wildman–Crippen MR) is 78.8 cm³/mol. The summed E-state index contributed by atoms with van der Waals surface area (Å²) < 4.78 is 0.539. The number of carbonyl (C=O) groups is 1. The minimum Gasteiger partial charge on any atom is -0.336 e. The number of nitriles is 1. The molecular weight excluding hydrogens is 340 g/mol. The highest BCUT2D eigenvalue weighted by Crippen LogP contribution is 2.24. The minimum atomic E-state index is -0.520. The number of hydrogen-bond acceptors (Lipinski definition) is 5. The Balaban J connectivity index is 2.12. The van der Waals surface area contributed by atoms with Crippen LogP contribution in [0.1, 0.15) is 10.4 Å². The summed E-state index contributed by atoms with van der Waals surface area (Å²) in [6.07, 6.45) is 0. The molecule has 0 N–H and O–H groups in total. The third-order valence-corrected chi connectivity index (χ3v) is 4.04. The molecule has 1 heterocycles. The molecule has 0 aliphatic carbocycles. The number of hydrogen-bond donors (Lipinski definition) is 0. The van der Waals surface area contributed by atoms with Gasteiger partial charge < -0.3 is 4.90 Å². The van der Waals surface area contributed by atoms with E-state index < -0.39 is 4.92 Å². The van der Waals surface area contributed by atoms with E-state index in [1.807, 2.05) is 4.90 Å². The van der Waals surface area contributed by atoms with E-state index in [9.17, 15) is 14.9 Å². The average molecular weight is 353 g/mol. The zero-order chi connectivity index (χ0) is 15.4. The molecule has 0 atom stereocenters. The van der Waals surface area contributed by atoms with Gasteiger partial charge in [-0.2, -0.15) is 5.26 Å². The lowest BCUT2D eigenvalue weighted by atomic mass is 10.1. The third kappa shape index (κ3) is 3.56. The van der Waals surface area contributed by atoms with Crippen LogP contribution in [-0.2, 0) is 0 Å². The fraction of sp³-hybridized carbons (Fsp3) is 0.385. The van der Waals surface area contributed by atoms with Gasteiger partial charge in [0, 0.05) is 42.8 Å². The van der Waals surface area contributed by atoms with E-state index >= 15 is 0 Å². The first-order chi connectivity index (χ1) is 10.0. The van der Waals surface area contributed by atoms with Crippen LogP contribution < -0.4 is 0 Å². The molecule has 110 valence electrons. The van der Waals surface area contributed by atoms with Gasteiger partial charge in [-0.3, -0.25) is 19.8 Å². The predicted octanol–water partition coefficient (Wildman–Crippen LogP) is 1.64. The maximum atomic E-state index is 12.4. The zero-order valence-electron chi connectivity index (χ0n) is 11.2. The fourth-order valence-corrected chi connectivity index (χ4v) is 2.59. The van der Waals surface area contributed by atoms with Gasteiger partial charge in [-0.25, -0.2) is 0 Å². The Hall–Kier alpha value is -1.98. The van der Waals surface area contributed by atoms with Gasteiger partial charge >= 0.3 is 0 Å². The summed E-state index contributed by atoms with van der Waals surface area (Å²) in [5.41, 5.74) is 0.183. The molecular formula is C13H13BrN4O3. The standard InChI is InChI=1S/C13H13BrN4O3/c14-12-2-1-10(18(20)21)9-11(12)13(19)17-7-5-16(4-3-15)6-8-17/h1-2,9H,4-8H2. The molecule has 1 aromatic rings. The zero-order valence-corrected chi connectivity index (χ0v) is 12.7. The first kappa shape index (κ1) is 15.4. The van der Waals surface area contributed by atoms with Crippen molar-refractivity contribution in [2.45, 2.75) is 0 Å². The number of amides is 1. The van der Waals surface area contributed by atoms with Crippen LogP contribution in [0.2, 0.25) is 0 Å². The maximum absolute atomic E-state index is 12.4. The summed E-state index contributed by atoms with van der Waals surface area (Å²) in [6.45, 7) is 2.63. The molecule has 1 aliphatic heterocycles. The molecule has 0 spiro atoms. The van der Waals surface area contributed by atoms with Gasteiger partial charge in [0.05, 0.1) is 23.1 Å². The van der Waals surface area contributed by atoms with Crippen molar-refractivity contribution in [2.75, 3.05) is 32.7 Å². The molecule has 8 heteroatoms.